The van der Waals surface area contributed by atoms with Crippen molar-refractivity contribution in [3.63, 3.8) is 0 Å². The molecule has 90 valence electrons. The fraction of sp³-hybridized carbons (Fsp3) is 0.214. The van der Waals surface area contributed by atoms with Crippen LogP contribution in [0.1, 0.15) is 32.5 Å². The van der Waals surface area contributed by atoms with Crippen LogP contribution in [0.4, 0.5) is 0 Å². The molecule has 0 saturated heterocycles. The van der Waals surface area contributed by atoms with Gasteiger partial charge in [-0.3, -0.25) is 4.79 Å². The second-order valence-corrected chi connectivity index (χ2v) is 4.57. The van der Waals surface area contributed by atoms with E-state index in [0.29, 0.717) is 0 Å². The Balaban J connectivity index is 2.17. The van der Waals surface area contributed by atoms with Gasteiger partial charge in [-0.15, -0.1) is 0 Å². The van der Waals surface area contributed by atoms with E-state index in [9.17, 15) is 9.59 Å². The van der Waals surface area contributed by atoms with Gasteiger partial charge in [0.15, 0.2) is 5.92 Å². The maximum absolute atomic E-state index is 12.4. The van der Waals surface area contributed by atoms with Crippen molar-refractivity contribution < 1.29 is 14.3 Å². The van der Waals surface area contributed by atoms with E-state index < -0.39 is 5.92 Å². The first-order valence-electron chi connectivity index (χ1n) is 5.86. The third-order valence-electron chi connectivity index (χ3n) is 3.33. The second-order valence-electron chi connectivity index (χ2n) is 4.57. The molecule has 2 heterocycles. The van der Waals surface area contributed by atoms with Gasteiger partial charge in [0.05, 0.1) is 5.69 Å². The van der Waals surface area contributed by atoms with Crippen LogP contribution in [-0.4, -0.2) is 16.5 Å². The standard InChI is InChI=1S/C14H13N2O2/c1-9-8-10(2)16-14(18)12(13(17)15(9)16)11-6-4-3-5-7-11/h3-8,12H,1-2H3/q+1. The monoisotopic (exact) mass is 241 g/mol. The van der Waals surface area contributed by atoms with E-state index in [1.165, 1.54) is 9.36 Å². The van der Waals surface area contributed by atoms with Gasteiger partial charge in [0.2, 0.25) is 5.69 Å². The van der Waals surface area contributed by atoms with Crippen molar-refractivity contribution in [3.05, 3.63) is 53.3 Å². The summed E-state index contributed by atoms with van der Waals surface area (Å²) in [5.74, 6) is -1.04. The zero-order chi connectivity index (χ0) is 12.9. The van der Waals surface area contributed by atoms with Gasteiger partial charge in [-0.1, -0.05) is 35.0 Å². The van der Waals surface area contributed by atoms with Crippen LogP contribution in [0.5, 0.6) is 0 Å². The summed E-state index contributed by atoms with van der Waals surface area (Å²) in [5, 5.41) is 0. The maximum Gasteiger partial charge on any atom is 0.433 e. The van der Waals surface area contributed by atoms with Crippen molar-refractivity contribution in [3.8, 4) is 0 Å². The van der Waals surface area contributed by atoms with E-state index in [0.717, 1.165) is 17.0 Å². The molecule has 4 nitrogen and oxygen atoms in total. The van der Waals surface area contributed by atoms with Crippen molar-refractivity contribution >= 4 is 11.8 Å². The molecule has 0 saturated carbocycles. The lowest BCUT2D eigenvalue weighted by Gasteiger charge is -2.01. The molecule has 0 aliphatic carbocycles. The highest BCUT2D eigenvalue weighted by Gasteiger charge is 2.50. The number of benzene rings is 1. The normalized spacial score (nSPS) is 18.2. The molecule has 0 radical (unpaired) electrons. The number of hydrogen-bond acceptors (Lipinski definition) is 2. The van der Waals surface area contributed by atoms with Crippen LogP contribution in [0.3, 0.4) is 0 Å². The minimum atomic E-state index is -0.704. The van der Waals surface area contributed by atoms with Crippen molar-refractivity contribution in [2.75, 3.05) is 0 Å². The maximum atomic E-state index is 12.4. The van der Waals surface area contributed by atoms with Crippen LogP contribution < -0.4 is 4.68 Å². The molecular formula is C14H13N2O2+. The summed E-state index contributed by atoms with van der Waals surface area (Å²) in [6.45, 7) is 3.67. The van der Waals surface area contributed by atoms with Crippen molar-refractivity contribution in [1.82, 2.24) is 4.68 Å². The minimum Gasteiger partial charge on any atom is -0.267 e. The Labute approximate surface area is 104 Å². The van der Waals surface area contributed by atoms with Gasteiger partial charge in [0.1, 0.15) is 0 Å². The number of hydrogen-bond donors (Lipinski definition) is 0. The number of nitrogens with zero attached hydrogens (tertiary/aromatic N) is 2. The highest BCUT2D eigenvalue weighted by atomic mass is 16.2. The average Bonchev–Trinajstić information content (AvgIpc) is 2.79. The van der Waals surface area contributed by atoms with Gasteiger partial charge in [-0.05, 0) is 17.2 Å². The van der Waals surface area contributed by atoms with Crippen molar-refractivity contribution in [1.29, 1.82) is 0 Å². The molecule has 0 fully saturated rings. The SMILES string of the molecule is Cc1cc(C)[n+]2n1C(=O)C(c1ccccc1)C2=O. The smallest absolute Gasteiger partial charge is 0.267 e. The fourth-order valence-electron chi connectivity index (χ4n) is 2.57. The molecule has 18 heavy (non-hydrogen) atoms. The molecule has 1 aromatic carbocycles. The van der Waals surface area contributed by atoms with Crippen LogP contribution in [0.25, 0.3) is 0 Å². The molecule has 1 aliphatic heterocycles. The Morgan fingerprint density at radius 2 is 1.78 bits per heavy atom. The average molecular weight is 241 g/mol. The Morgan fingerprint density at radius 3 is 2.39 bits per heavy atom. The predicted octanol–water partition coefficient (Wildman–Crippen LogP) is 1.47. The highest BCUT2D eigenvalue weighted by Crippen LogP contribution is 2.23. The quantitative estimate of drug-likeness (QED) is 0.560. The molecule has 3 rings (SSSR count). The van der Waals surface area contributed by atoms with Gasteiger partial charge in [0.25, 0.3) is 0 Å². The lowest BCUT2D eigenvalue weighted by molar-refractivity contribution is -0.649. The highest BCUT2D eigenvalue weighted by molar-refractivity contribution is 6.06. The number of fused-ring (bicyclic) bond motifs is 1. The third-order valence-corrected chi connectivity index (χ3v) is 3.33. The topological polar surface area (TPSA) is 43.0 Å². The lowest BCUT2D eigenvalue weighted by Crippen LogP contribution is -2.47. The van der Waals surface area contributed by atoms with E-state index in [-0.39, 0.29) is 11.8 Å². The van der Waals surface area contributed by atoms with E-state index >= 15 is 0 Å². The van der Waals surface area contributed by atoms with Crippen LogP contribution in [0.15, 0.2) is 36.4 Å². The molecule has 2 aromatic rings. The van der Waals surface area contributed by atoms with E-state index in [1.807, 2.05) is 50.2 Å². The summed E-state index contributed by atoms with van der Waals surface area (Å²) in [5.41, 5.74) is 2.34. The number of carbonyl (C=O) groups is 2. The molecule has 1 aliphatic rings. The molecule has 0 bridgehead atoms. The van der Waals surface area contributed by atoms with Gasteiger partial charge >= 0.3 is 11.8 Å². The largest absolute Gasteiger partial charge is 0.433 e. The summed E-state index contributed by atoms with van der Waals surface area (Å²) < 4.78 is 2.94. The first kappa shape index (κ1) is 10.9. The molecule has 4 heteroatoms. The van der Waals surface area contributed by atoms with Crippen molar-refractivity contribution in [2.45, 2.75) is 19.8 Å². The molecule has 0 atom stereocenters. The lowest BCUT2D eigenvalue weighted by atomic mass is 9.98. The molecular weight excluding hydrogens is 228 g/mol. The minimum absolute atomic E-state index is 0.170. The Kier molecular flexibility index (Phi) is 2.20. The van der Waals surface area contributed by atoms with Crippen LogP contribution >= 0.6 is 0 Å². The van der Waals surface area contributed by atoms with Crippen molar-refractivity contribution in [2.24, 2.45) is 0 Å². The van der Waals surface area contributed by atoms with E-state index in [1.54, 1.807) is 0 Å². The van der Waals surface area contributed by atoms with Crippen LogP contribution in [0.2, 0.25) is 0 Å². The molecule has 0 spiro atoms. The first-order valence-corrected chi connectivity index (χ1v) is 5.86. The third kappa shape index (κ3) is 1.29. The predicted molar refractivity (Wildman–Crippen MR) is 64.5 cm³/mol. The number of rotatable bonds is 1. The number of carbonyl (C=O) groups excluding carboxylic acids is 2. The van der Waals surface area contributed by atoms with E-state index in [2.05, 4.69) is 0 Å². The summed E-state index contributed by atoms with van der Waals surface area (Å²) in [4.78, 5) is 24.7. The van der Waals surface area contributed by atoms with Gasteiger partial charge in [0, 0.05) is 13.0 Å². The summed E-state index contributed by atoms with van der Waals surface area (Å²) in [6.07, 6.45) is 0. The molecule has 0 unspecified atom stereocenters. The van der Waals surface area contributed by atoms with Gasteiger partial charge in [-0.2, -0.15) is 0 Å². The molecule has 0 amide bonds. The molecule has 0 N–H and O–H groups in total. The first-order chi connectivity index (χ1) is 8.61. The van der Waals surface area contributed by atoms with Gasteiger partial charge in [-0.25, -0.2) is 4.79 Å². The van der Waals surface area contributed by atoms with Gasteiger partial charge < -0.3 is 0 Å². The van der Waals surface area contributed by atoms with Crippen LogP contribution in [0, 0.1) is 13.8 Å². The summed E-state index contributed by atoms with van der Waals surface area (Å²) >= 11 is 0. The number of aryl methyl sites for hydroxylation is 2. The molecule has 1 aromatic heterocycles. The Morgan fingerprint density at radius 1 is 1.11 bits per heavy atom. The van der Waals surface area contributed by atoms with Crippen LogP contribution in [-0.2, 0) is 0 Å². The Hall–Kier alpha value is -2.23. The second kappa shape index (κ2) is 3.63. The fourth-order valence-corrected chi connectivity index (χ4v) is 2.57. The number of aromatic nitrogens is 2. The summed E-state index contributed by atoms with van der Waals surface area (Å²) in [6, 6.07) is 11.0. The Bertz CT molecular complexity index is 619. The zero-order valence-corrected chi connectivity index (χ0v) is 10.3. The van der Waals surface area contributed by atoms with E-state index in [4.69, 9.17) is 0 Å². The zero-order valence-electron chi connectivity index (χ0n) is 10.3. The summed E-state index contributed by atoms with van der Waals surface area (Å²) in [7, 11) is 0.